The van der Waals surface area contributed by atoms with E-state index in [1.54, 1.807) is 0 Å². The number of hydrogen-bond donors (Lipinski definition) is 1. The molecule has 0 bridgehead atoms. The summed E-state index contributed by atoms with van der Waals surface area (Å²) in [6, 6.07) is 8.98. The number of likely N-dealkylation sites (tertiary alicyclic amines) is 1. The fraction of sp³-hybridized carbons (Fsp3) is 0.409. The number of carbonyl (C=O) groups excluding carboxylic acids is 1. The van der Waals surface area contributed by atoms with E-state index in [4.69, 9.17) is 0 Å². The van der Waals surface area contributed by atoms with Crippen LogP contribution in [0.25, 0.3) is 22.0 Å². The minimum absolute atomic E-state index is 0.0712. The molecule has 3 heterocycles. The Morgan fingerprint density at radius 1 is 1.11 bits per heavy atom. The van der Waals surface area contributed by atoms with Gasteiger partial charge in [0.2, 0.25) is 5.91 Å². The third-order valence-corrected chi connectivity index (χ3v) is 6.14. The predicted octanol–water partition coefficient (Wildman–Crippen LogP) is 3.37. The van der Waals surface area contributed by atoms with Gasteiger partial charge in [-0.15, -0.1) is 0 Å². The number of nitrogens with zero attached hydrogens (tertiary/aromatic N) is 4. The van der Waals surface area contributed by atoms with Crippen molar-refractivity contribution in [3.8, 4) is 11.3 Å². The summed E-state index contributed by atoms with van der Waals surface area (Å²) in [6.07, 6.45) is 7.25. The van der Waals surface area contributed by atoms with Crippen LogP contribution in [0.2, 0.25) is 0 Å². The summed E-state index contributed by atoms with van der Waals surface area (Å²) in [4.78, 5) is 24.0. The van der Waals surface area contributed by atoms with E-state index in [0.717, 1.165) is 53.4 Å². The molecule has 0 spiro atoms. The minimum atomic E-state index is 0.0712. The van der Waals surface area contributed by atoms with Crippen molar-refractivity contribution in [2.45, 2.75) is 32.2 Å². The van der Waals surface area contributed by atoms with Gasteiger partial charge in [-0.2, -0.15) is 0 Å². The van der Waals surface area contributed by atoms with E-state index in [9.17, 15) is 4.79 Å². The number of rotatable bonds is 4. The first-order valence-corrected chi connectivity index (χ1v) is 10.0. The first kappa shape index (κ1) is 17.4. The standard InChI is InChI=1S/C22H25N5O/c1-14-23-12-20(26(14)2)15-3-4-16-11-24-21(10-18(16)9-15)25-22(28)17-7-8-27(13-17)19-5-6-19/h3-4,9-12,17,19H,5-8,13H2,1-2H3,(H,24,25,28). The summed E-state index contributed by atoms with van der Waals surface area (Å²) >= 11 is 0. The molecule has 3 aromatic rings. The van der Waals surface area contributed by atoms with E-state index in [1.165, 1.54) is 12.8 Å². The Morgan fingerprint density at radius 2 is 1.96 bits per heavy atom. The first-order chi connectivity index (χ1) is 13.6. The maximum atomic E-state index is 12.7. The minimum Gasteiger partial charge on any atom is -0.331 e. The van der Waals surface area contributed by atoms with Gasteiger partial charge in [-0.3, -0.25) is 9.69 Å². The predicted molar refractivity (Wildman–Crippen MR) is 110 cm³/mol. The molecule has 1 amide bonds. The molecule has 1 saturated heterocycles. The van der Waals surface area contributed by atoms with Crippen LogP contribution >= 0.6 is 0 Å². The van der Waals surface area contributed by atoms with Crippen LogP contribution in [0.15, 0.2) is 36.7 Å². The van der Waals surface area contributed by atoms with E-state index in [2.05, 4.69) is 43.0 Å². The smallest absolute Gasteiger partial charge is 0.229 e. The van der Waals surface area contributed by atoms with Crippen molar-refractivity contribution in [1.29, 1.82) is 0 Å². The molecule has 1 atom stereocenters. The summed E-state index contributed by atoms with van der Waals surface area (Å²) in [6.45, 7) is 3.92. The Morgan fingerprint density at radius 3 is 2.71 bits per heavy atom. The van der Waals surface area contributed by atoms with Crippen molar-refractivity contribution in [2.75, 3.05) is 18.4 Å². The molecule has 1 aliphatic heterocycles. The number of aryl methyl sites for hydroxylation is 1. The quantitative estimate of drug-likeness (QED) is 0.759. The maximum absolute atomic E-state index is 12.7. The second-order valence-corrected chi connectivity index (χ2v) is 8.08. The third kappa shape index (κ3) is 3.18. The van der Waals surface area contributed by atoms with E-state index >= 15 is 0 Å². The molecular formula is C22H25N5O. The van der Waals surface area contributed by atoms with Crippen LogP contribution in [-0.4, -0.2) is 44.5 Å². The average molecular weight is 375 g/mol. The molecular weight excluding hydrogens is 350 g/mol. The average Bonchev–Trinajstić information content (AvgIpc) is 3.33. The number of aromatic nitrogens is 3. The Bertz CT molecular complexity index is 1050. The van der Waals surface area contributed by atoms with Crippen LogP contribution in [0.1, 0.15) is 25.1 Å². The highest BCUT2D eigenvalue weighted by Crippen LogP contribution is 2.32. The molecule has 1 aromatic carbocycles. The van der Waals surface area contributed by atoms with Crippen LogP contribution in [0.3, 0.4) is 0 Å². The number of amides is 1. The zero-order valence-corrected chi connectivity index (χ0v) is 16.4. The maximum Gasteiger partial charge on any atom is 0.229 e. The molecule has 28 heavy (non-hydrogen) atoms. The van der Waals surface area contributed by atoms with Crippen molar-refractivity contribution in [3.05, 3.63) is 42.5 Å². The summed E-state index contributed by atoms with van der Waals surface area (Å²) in [5.41, 5.74) is 2.18. The zero-order valence-electron chi connectivity index (χ0n) is 16.4. The molecule has 1 aliphatic carbocycles. The van der Waals surface area contributed by atoms with Gasteiger partial charge in [0.15, 0.2) is 0 Å². The van der Waals surface area contributed by atoms with Crippen LogP contribution in [-0.2, 0) is 11.8 Å². The van der Waals surface area contributed by atoms with Crippen molar-refractivity contribution in [2.24, 2.45) is 13.0 Å². The Hall–Kier alpha value is -2.73. The molecule has 5 rings (SSSR count). The van der Waals surface area contributed by atoms with Crippen LogP contribution in [0.4, 0.5) is 5.82 Å². The van der Waals surface area contributed by atoms with Crippen LogP contribution in [0.5, 0.6) is 0 Å². The van der Waals surface area contributed by atoms with Gasteiger partial charge in [0.25, 0.3) is 0 Å². The third-order valence-electron chi connectivity index (χ3n) is 6.14. The number of benzene rings is 1. The fourth-order valence-electron chi connectivity index (χ4n) is 4.14. The van der Waals surface area contributed by atoms with E-state index in [1.807, 2.05) is 32.4 Å². The first-order valence-electron chi connectivity index (χ1n) is 10.0. The van der Waals surface area contributed by atoms with Crippen LogP contribution in [0, 0.1) is 12.8 Å². The molecule has 6 nitrogen and oxygen atoms in total. The second-order valence-electron chi connectivity index (χ2n) is 8.08. The number of carbonyl (C=O) groups is 1. The lowest BCUT2D eigenvalue weighted by molar-refractivity contribution is -0.119. The van der Waals surface area contributed by atoms with Crippen molar-refractivity contribution >= 4 is 22.5 Å². The van der Waals surface area contributed by atoms with Gasteiger partial charge in [-0.1, -0.05) is 12.1 Å². The number of hydrogen-bond acceptors (Lipinski definition) is 4. The molecule has 1 unspecified atom stereocenters. The highest BCUT2D eigenvalue weighted by molar-refractivity contribution is 5.95. The van der Waals surface area contributed by atoms with Gasteiger partial charge in [0.05, 0.1) is 17.8 Å². The molecule has 2 aliphatic rings. The van der Waals surface area contributed by atoms with Crippen molar-refractivity contribution < 1.29 is 4.79 Å². The molecule has 6 heteroatoms. The van der Waals surface area contributed by atoms with Gasteiger partial charge in [0.1, 0.15) is 11.6 Å². The van der Waals surface area contributed by atoms with Gasteiger partial charge in [-0.05, 0) is 50.2 Å². The Balaban J connectivity index is 1.36. The van der Waals surface area contributed by atoms with Crippen molar-refractivity contribution in [3.63, 3.8) is 0 Å². The van der Waals surface area contributed by atoms with Gasteiger partial charge in [0, 0.05) is 36.8 Å². The molecule has 0 radical (unpaired) electrons. The molecule has 1 N–H and O–H groups in total. The number of imidazole rings is 1. The van der Waals surface area contributed by atoms with Gasteiger partial charge < -0.3 is 9.88 Å². The lowest BCUT2D eigenvalue weighted by Crippen LogP contribution is -2.28. The summed E-state index contributed by atoms with van der Waals surface area (Å²) in [5, 5.41) is 5.16. The van der Waals surface area contributed by atoms with E-state index < -0.39 is 0 Å². The lowest BCUT2D eigenvalue weighted by Gasteiger charge is -2.14. The largest absolute Gasteiger partial charge is 0.331 e. The molecule has 1 saturated carbocycles. The van der Waals surface area contributed by atoms with Gasteiger partial charge in [-0.25, -0.2) is 9.97 Å². The summed E-state index contributed by atoms with van der Waals surface area (Å²) in [7, 11) is 2.02. The molecule has 144 valence electrons. The van der Waals surface area contributed by atoms with Crippen molar-refractivity contribution in [1.82, 2.24) is 19.4 Å². The zero-order chi connectivity index (χ0) is 19.3. The fourth-order valence-corrected chi connectivity index (χ4v) is 4.14. The number of anilines is 1. The summed E-state index contributed by atoms with van der Waals surface area (Å²) < 4.78 is 2.08. The number of fused-ring (bicyclic) bond motifs is 1. The number of nitrogens with one attached hydrogen (secondary N) is 1. The second kappa shape index (κ2) is 6.71. The topological polar surface area (TPSA) is 63.1 Å². The Kier molecular flexibility index (Phi) is 4.16. The van der Waals surface area contributed by atoms with E-state index in [0.29, 0.717) is 5.82 Å². The highest BCUT2D eigenvalue weighted by Gasteiger charge is 2.36. The SMILES string of the molecule is Cc1ncc(-c2ccc3cnc(NC(=O)C4CCN(C5CC5)C4)cc3c2)n1C. The highest BCUT2D eigenvalue weighted by atomic mass is 16.2. The summed E-state index contributed by atoms with van der Waals surface area (Å²) in [5.74, 6) is 1.77. The van der Waals surface area contributed by atoms with Gasteiger partial charge >= 0.3 is 0 Å². The lowest BCUT2D eigenvalue weighted by atomic mass is 10.1. The van der Waals surface area contributed by atoms with E-state index in [-0.39, 0.29) is 11.8 Å². The Labute approximate surface area is 164 Å². The molecule has 2 aromatic heterocycles. The molecule has 2 fully saturated rings. The number of pyridine rings is 1. The monoisotopic (exact) mass is 375 g/mol. The normalized spacial score (nSPS) is 20.0. The van der Waals surface area contributed by atoms with Crippen LogP contribution < -0.4 is 5.32 Å².